The average Bonchev–Trinajstić information content (AvgIpc) is 2.88. The van der Waals surface area contributed by atoms with E-state index in [1.54, 1.807) is 0 Å². The highest BCUT2D eigenvalue weighted by Gasteiger charge is 2.12. The predicted octanol–water partition coefficient (Wildman–Crippen LogP) is 3.49. The molecule has 0 unspecified atom stereocenters. The summed E-state index contributed by atoms with van der Waals surface area (Å²) in [5.41, 5.74) is 3.98. The van der Waals surface area contributed by atoms with E-state index in [4.69, 9.17) is 12.2 Å². The van der Waals surface area contributed by atoms with Crippen molar-refractivity contribution in [1.29, 1.82) is 0 Å². The number of benzene rings is 1. The fourth-order valence-corrected chi connectivity index (χ4v) is 2.36. The molecule has 0 saturated carbocycles. The van der Waals surface area contributed by atoms with Gasteiger partial charge in [-0.15, -0.1) is 0 Å². The van der Waals surface area contributed by atoms with Crippen molar-refractivity contribution >= 4 is 17.3 Å². The van der Waals surface area contributed by atoms with E-state index >= 15 is 0 Å². The molecule has 0 fully saturated rings. The molecule has 2 aromatic rings. The van der Waals surface area contributed by atoms with Gasteiger partial charge in [-0.2, -0.15) is 0 Å². The number of aryl methyl sites for hydroxylation is 1. The minimum absolute atomic E-state index is 0.192. The molecule has 1 aromatic heterocycles. The summed E-state index contributed by atoms with van der Waals surface area (Å²) >= 11 is 5.32. The lowest BCUT2D eigenvalue weighted by molar-refractivity contribution is 0.590. The van der Waals surface area contributed by atoms with Crippen LogP contribution in [-0.4, -0.2) is 9.68 Å². The first-order chi connectivity index (χ1) is 10.4. The van der Waals surface area contributed by atoms with Gasteiger partial charge in [0, 0.05) is 25.5 Å². The smallest absolute Gasteiger partial charge is 0.166 e. The van der Waals surface area contributed by atoms with Gasteiger partial charge in [-0.05, 0) is 40.9 Å². The summed E-state index contributed by atoms with van der Waals surface area (Å²) in [5, 5.41) is 7.16. The van der Waals surface area contributed by atoms with Crippen molar-refractivity contribution in [2.24, 2.45) is 7.05 Å². The van der Waals surface area contributed by atoms with Crippen LogP contribution in [0.15, 0.2) is 42.6 Å². The molecule has 0 atom stereocenters. The number of hydrogen-bond acceptors (Lipinski definition) is 1. The molecule has 0 aliphatic rings. The first kappa shape index (κ1) is 16.6. The summed E-state index contributed by atoms with van der Waals surface area (Å²) in [5.74, 6) is 0. The van der Waals surface area contributed by atoms with Crippen molar-refractivity contribution in [3.05, 3.63) is 59.4 Å². The molecule has 118 valence electrons. The van der Waals surface area contributed by atoms with E-state index in [2.05, 4.69) is 66.3 Å². The number of thiocarbonyl (C=S) groups is 1. The molecular weight excluding hydrogens is 290 g/mol. The van der Waals surface area contributed by atoms with E-state index in [1.807, 2.05) is 19.3 Å². The van der Waals surface area contributed by atoms with Crippen LogP contribution in [0.4, 0.5) is 0 Å². The largest absolute Gasteiger partial charge is 0.359 e. The van der Waals surface area contributed by atoms with Crippen molar-refractivity contribution in [2.45, 2.75) is 39.3 Å². The number of nitrogens with zero attached hydrogens (tertiary/aromatic N) is 1. The second-order valence-electron chi connectivity index (χ2n) is 6.59. The molecule has 0 amide bonds. The van der Waals surface area contributed by atoms with Gasteiger partial charge in [0.25, 0.3) is 0 Å². The second-order valence-corrected chi connectivity index (χ2v) is 7.00. The van der Waals surface area contributed by atoms with E-state index in [1.165, 1.54) is 16.8 Å². The zero-order valence-corrected chi connectivity index (χ0v) is 14.6. The van der Waals surface area contributed by atoms with Gasteiger partial charge in [0.15, 0.2) is 5.11 Å². The molecule has 0 bridgehead atoms. The third-order valence-corrected chi connectivity index (χ3v) is 4.04. The number of nitrogens with one attached hydrogen (secondary N) is 2. The standard InChI is InChI=1S/C18H25N3S/c1-18(2,3)15-9-7-14(8-10-15)12-19-17(22)20-13-16-6-5-11-21(16)4/h5-11H,12-13H2,1-4H3,(H2,19,20,22). The van der Waals surface area contributed by atoms with Crippen molar-refractivity contribution < 1.29 is 0 Å². The SMILES string of the molecule is Cn1cccc1CNC(=S)NCc1ccc(C(C)(C)C)cc1. The Bertz CT molecular complexity index is 621. The van der Waals surface area contributed by atoms with E-state index < -0.39 is 0 Å². The molecule has 1 aromatic carbocycles. The van der Waals surface area contributed by atoms with Crippen LogP contribution in [0.3, 0.4) is 0 Å². The molecule has 2 N–H and O–H groups in total. The Morgan fingerprint density at radius 3 is 2.23 bits per heavy atom. The maximum Gasteiger partial charge on any atom is 0.166 e. The molecule has 2 rings (SSSR count). The summed E-state index contributed by atoms with van der Waals surface area (Å²) in [4.78, 5) is 0. The fraction of sp³-hybridized carbons (Fsp3) is 0.389. The van der Waals surface area contributed by atoms with Crippen LogP contribution in [0.5, 0.6) is 0 Å². The lowest BCUT2D eigenvalue weighted by atomic mass is 9.87. The Morgan fingerprint density at radius 1 is 1.05 bits per heavy atom. The van der Waals surface area contributed by atoms with E-state index in [-0.39, 0.29) is 5.41 Å². The van der Waals surface area contributed by atoms with Crippen LogP contribution in [0.1, 0.15) is 37.6 Å². The normalized spacial score (nSPS) is 11.3. The van der Waals surface area contributed by atoms with Crippen LogP contribution in [0.2, 0.25) is 0 Å². The highest BCUT2D eigenvalue weighted by Crippen LogP contribution is 2.22. The molecule has 22 heavy (non-hydrogen) atoms. The lowest BCUT2D eigenvalue weighted by Gasteiger charge is -2.19. The maximum absolute atomic E-state index is 5.32. The Labute approximate surface area is 138 Å². The van der Waals surface area contributed by atoms with Crippen molar-refractivity contribution in [3.8, 4) is 0 Å². The van der Waals surface area contributed by atoms with E-state index in [0.717, 1.165) is 13.1 Å². The molecule has 0 aliphatic carbocycles. The Hall–Kier alpha value is -1.81. The van der Waals surface area contributed by atoms with Crippen molar-refractivity contribution in [1.82, 2.24) is 15.2 Å². The number of rotatable bonds is 4. The van der Waals surface area contributed by atoms with Gasteiger partial charge in [-0.1, -0.05) is 45.0 Å². The quantitative estimate of drug-likeness (QED) is 0.846. The predicted molar refractivity (Wildman–Crippen MR) is 96.8 cm³/mol. The Morgan fingerprint density at radius 2 is 1.68 bits per heavy atom. The minimum Gasteiger partial charge on any atom is -0.359 e. The van der Waals surface area contributed by atoms with Gasteiger partial charge >= 0.3 is 0 Å². The van der Waals surface area contributed by atoms with Crippen molar-refractivity contribution in [3.63, 3.8) is 0 Å². The highest BCUT2D eigenvalue weighted by molar-refractivity contribution is 7.80. The van der Waals surface area contributed by atoms with Gasteiger partial charge < -0.3 is 15.2 Å². The summed E-state index contributed by atoms with van der Waals surface area (Å²) in [6.45, 7) is 8.15. The van der Waals surface area contributed by atoms with Gasteiger partial charge in [-0.25, -0.2) is 0 Å². The number of aromatic nitrogens is 1. The van der Waals surface area contributed by atoms with Crippen LogP contribution in [0.25, 0.3) is 0 Å². The van der Waals surface area contributed by atoms with Gasteiger partial charge in [0.05, 0.1) is 6.54 Å². The second kappa shape index (κ2) is 6.97. The Kier molecular flexibility index (Phi) is 5.24. The zero-order chi connectivity index (χ0) is 16.2. The molecule has 4 heteroatoms. The van der Waals surface area contributed by atoms with E-state index in [9.17, 15) is 0 Å². The van der Waals surface area contributed by atoms with E-state index in [0.29, 0.717) is 5.11 Å². The molecular formula is C18H25N3S. The van der Waals surface area contributed by atoms with Gasteiger partial charge in [0.2, 0.25) is 0 Å². The van der Waals surface area contributed by atoms with Crippen LogP contribution >= 0.6 is 12.2 Å². The monoisotopic (exact) mass is 315 g/mol. The number of hydrogen-bond donors (Lipinski definition) is 2. The van der Waals surface area contributed by atoms with Crippen LogP contribution < -0.4 is 10.6 Å². The van der Waals surface area contributed by atoms with Crippen LogP contribution in [0, 0.1) is 0 Å². The average molecular weight is 315 g/mol. The first-order valence-corrected chi connectivity index (χ1v) is 7.98. The van der Waals surface area contributed by atoms with Gasteiger partial charge in [-0.3, -0.25) is 0 Å². The topological polar surface area (TPSA) is 29.0 Å². The summed E-state index contributed by atoms with van der Waals surface area (Å²) < 4.78 is 2.08. The molecule has 0 radical (unpaired) electrons. The molecule has 0 aliphatic heterocycles. The molecule has 0 saturated heterocycles. The molecule has 3 nitrogen and oxygen atoms in total. The molecule has 0 spiro atoms. The summed E-state index contributed by atoms with van der Waals surface area (Å²) in [6, 6.07) is 12.8. The summed E-state index contributed by atoms with van der Waals surface area (Å²) in [6.07, 6.45) is 2.03. The van der Waals surface area contributed by atoms with Gasteiger partial charge in [0.1, 0.15) is 0 Å². The third-order valence-electron chi connectivity index (χ3n) is 3.75. The molecule has 1 heterocycles. The third kappa shape index (κ3) is 4.60. The lowest BCUT2D eigenvalue weighted by Crippen LogP contribution is -2.34. The van der Waals surface area contributed by atoms with Crippen LogP contribution in [-0.2, 0) is 25.6 Å². The Balaban J connectivity index is 1.80. The highest BCUT2D eigenvalue weighted by atomic mass is 32.1. The summed E-state index contributed by atoms with van der Waals surface area (Å²) in [7, 11) is 2.03. The first-order valence-electron chi connectivity index (χ1n) is 7.57. The fourth-order valence-electron chi connectivity index (χ4n) is 2.22. The maximum atomic E-state index is 5.32. The zero-order valence-electron chi connectivity index (χ0n) is 13.8. The minimum atomic E-state index is 0.192. The van der Waals surface area contributed by atoms with Crippen molar-refractivity contribution in [2.75, 3.05) is 0 Å².